The maximum atomic E-state index is 11.9. The molecule has 6 heteroatoms. The van der Waals surface area contributed by atoms with Crippen LogP contribution in [0.3, 0.4) is 0 Å². The van der Waals surface area contributed by atoms with Gasteiger partial charge in [-0.3, -0.25) is 4.57 Å². The van der Waals surface area contributed by atoms with E-state index in [2.05, 4.69) is 22.6 Å². The fourth-order valence-corrected chi connectivity index (χ4v) is 4.52. The van der Waals surface area contributed by atoms with Crippen molar-refractivity contribution < 1.29 is 0 Å². The Morgan fingerprint density at radius 1 is 1.20 bits per heavy atom. The fourth-order valence-electron chi connectivity index (χ4n) is 3.09. The average molecular weight is 296 g/mol. The molecule has 3 rings (SSSR count). The van der Waals surface area contributed by atoms with Crippen molar-refractivity contribution in [1.82, 2.24) is 20.1 Å². The Hall–Kier alpha value is -0.750. The van der Waals surface area contributed by atoms with Crippen LogP contribution < -0.4 is 11.0 Å². The summed E-state index contributed by atoms with van der Waals surface area (Å²) >= 11 is 1.79. The van der Waals surface area contributed by atoms with Crippen LogP contribution in [0.2, 0.25) is 0 Å². The first kappa shape index (κ1) is 14.2. The molecule has 0 aromatic carbocycles. The summed E-state index contributed by atoms with van der Waals surface area (Å²) < 4.78 is 1.87. The summed E-state index contributed by atoms with van der Waals surface area (Å²) in [6.07, 6.45) is 9.95. The summed E-state index contributed by atoms with van der Waals surface area (Å²) in [7, 11) is 2.05. The van der Waals surface area contributed by atoms with Gasteiger partial charge in [-0.2, -0.15) is 0 Å². The molecule has 2 unspecified atom stereocenters. The molecule has 5 nitrogen and oxygen atoms in total. The van der Waals surface area contributed by atoms with Gasteiger partial charge in [-0.1, -0.05) is 37.4 Å². The Kier molecular flexibility index (Phi) is 4.51. The van der Waals surface area contributed by atoms with E-state index in [0.29, 0.717) is 17.3 Å². The quantitative estimate of drug-likeness (QED) is 0.895. The fraction of sp³-hybridized carbons (Fsp3) is 0.857. The van der Waals surface area contributed by atoms with Crippen LogP contribution in [0.15, 0.2) is 9.95 Å². The summed E-state index contributed by atoms with van der Waals surface area (Å²) in [6, 6.07) is 0.921. The predicted molar refractivity (Wildman–Crippen MR) is 81.3 cm³/mol. The Morgan fingerprint density at radius 3 is 2.65 bits per heavy atom. The molecule has 0 saturated heterocycles. The van der Waals surface area contributed by atoms with Gasteiger partial charge in [0.15, 0.2) is 5.16 Å². The first-order chi connectivity index (χ1) is 9.79. The molecule has 1 aromatic rings. The molecule has 0 radical (unpaired) electrons. The normalized spacial score (nSPS) is 28.1. The van der Waals surface area contributed by atoms with Gasteiger partial charge in [-0.25, -0.2) is 9.89 Å². The third kappa shape index (κ3) is 3.11. The van der Waals surface area contributed by atoms with Crippen LogP contribution in [0.1, 0.15) is 57.4 Å². The smallest absolute Gasteiger partial charge is 0.316 e. The molecular formula is C14H24N4OS. The summed E-state index contributed by atoms with van der Waals surface area (Å²) in [5.41, 5.74) is -0.0400. The van der Waals surface area contributed by atoms with Gasteiger partial charge in [0, 0.05) is 17.3 Å². The highest BCUT2D eigenvalue weighted by Crippen LogP contribution is 2.38. The highest BCUT2D eigenvalue weighted by atomic mass is 32.2. The van der Waals surface area contributed by atoms with Crippen LogP contribution in [0.4, 0.5) is 0 Å². The van der Waals surface area contributed by atoms with Crippen LogP contribution in [0.5, 0.6) is 0 Å². The lowest BCUT2D eigenvalue weighted by Gasteiger charge is -2.28. The lowest BCUT2D eigenvalue weighted by Crippen LogP contribution is -2.36. The lowest BCUT2D eigenvalue weighted by atomic mass is 9.96. The van der Waals surface area contributed by atoms with E-state index in [4.69, 9.17) is 0 Å². The molecule has 1 aromatic heterocycles. The van der Waals surface area contributed by atoms with Crippen molar-refractivity contribution in [3.63, 3.8) is 0 Å². The second-order valence-corrected chi connectivity index (χ2v) is 7.16. The van der Waals surface area contributed by atoms with Crippen LogP contribution in [0, 0.1) is 0 Å². The van der Waals surface area contributed by atoms with Crippen molar-refractivity contribution in [3.05, 3.63) is 10.5 Å². The molecule has 2 N–H and O–H groups in total. The van der Waals surface area contributed by atoms with E-state index in [9.17, 15) is 4.79 Å². The van der Waals surface area contributed by atoms with E-state index >= 15 is 0 Å². The molecule has 0 bridgehead atoms. The molecule has 1 heterocycles. The lowest BCUT2D eigenvalue weighted by molar-refractivity contribution is 0.419. The van der Waals surface area contributed by atoms with Crippen molar-refractivity contribution in [3.8, 4) is 0 Å². The molecule has 2 aliphatic rings. The zero-order valence-electron chi connectivity index (χ0n) is 12.1. The van der Waals surface area contributed by atoms with Gasteiger partial charge < -0.3 is 5.32 Å². The molecular weight excluding hydrogens is 272 g/mol. The highest BCUT2D eigenvalue weighted by Gasteiger charge is 2.31. The molecule has 2 aliphatic carbocycles. The van der Waals surface area contributed by atoms with Gasteiger partial charge in [0.05, 0.1) is 0 Å². The van der Waals surface area contributed by atoms with Crippen molar-refractivity contribution in [1.29, 1.82) is 0 Å². The van der Waals surface area contributed by atoms with E-state index in [1.54, 1.807) is 11.8 Å². The largest absolute Gasteiger partial charge is 0.344 e. The summed E-state index contributed by atoms with van der Waals surface area (Å²) in [5, 5.41) is 11.8. The van der Waals surface area contributed by atoms with E-state index in [0.717, 1.165) is 18.0 Å². The Morgan fingerprint density at radius 2 is 1.95 bits per heavy atom. The molecule has 2 atom stereocenters. The second-order valence-electron chi connectivity index (χ2n) is 5.96. The van der Waals surface area contributed by atoms with Crippen LogP contribution >= 0.6 is 11.8 Å². The third-order valence-electron chi connectivity index (χ3n) is 4.41. The monoisotopic (exact) mass is 296 g/mol. The Labute approximate surface area is 123 Å². The minimum absolute atomic E-state index is 0.0400. The van der Waals surface area contributed by atoms with Crippen LogP contribution in [0.25, 0.3) is 0 Å². The second kappa shape index (κ2) is 6.35. The van der Waals surface area contributed by atoms with Crippen molar-refractivity contribution in [2.45, 2.75) is 73.9 Å². The van der Waals surface area contributed by atoms with Crippen molar-refractivity contribution >= 4 is 11.8 Å². The standard InChI is InChI=1S/C14H24N4OS/c1-15-11-6-4-2-3-5-7-12(11)20-14-17-16-13(19)18(14)10-8-9-10/h10-12,15H,2-9H2,1H3,(H,16,19). The van der Waals surface area contributed by atoms with Crippen LogP contribution in [-0.4, -0.2) is 33.1 Å². The molecule has 20 heavy (non-hydrogen) atoms. The Balaban J connectivity index is 1.75. The molecule has 2 saturated carbocycles. The number of hydrogen-bond acceptors (Lipinski definition) is 4. The molecule has 2 fully saturated rings. The van der Waals surface area contributed by atoms with Crippen LogP contribution in [-0.2, 0) is 0 Å². The number of nitrogens with one attached hydrogen (secondary N) is 2. The minimum Gasteiger partial charge on any atom is -0.316 e. The van der Waals surface area contributed by atoms with Gasteiger partial charge in [-0.15, -0.1) is 5.10 Å². The Bertz CT molecular complexity index is 494. The molecule has 0 aliphatic heterocycles. The SMILES string of the molecule is CNC1CCCCCCC1Sc1n[nH]c(=O)n1C1CC1. The van der Waals surface area contributed by atoms with Gasteiger partial charge in [0.1, 0.15) is 0 Å². The van der Waals surface area contributed by atoms with E-state index in [1.165, 1.54) is 38.5 Å². The van der Waals surface area contributed by atoms with Gasteiger partial charge in [0.25, 0.3) is 0 Å². The topological polar surface area (TPSA) is 62.7 Å². The number of H-pyrrole nitrogens is 1. The summed E-state index contributed by atoms with van der Waals surface area (Å²) in [5.74, 6) is 0. The number of hydrogen-bond donors (Lipinski definition) is 2. The number of aromatic nitrogens is 3. The summed E-state index contributed by atoms with van der Waals surface area (Å²) in [6.45, 7) is 0. The number of thioether (sulfide) groups is 1. The zero-order chi connectivity index (χ0) is 13.9. The van der Waals surface area contributed by atoms with E-state index in [1.807, 2.05) is 4.57 Å². The zero-order valence-corrected chi connectivity index (χ0v) is 12.9. The van der Waals surface area contributed by atoms with Gasteiger partial charge >= 0.3 is 5.69 Å². The van der Waals surface area contributed by atoms with E-state index < -0.39 is 0 Å². The van der Waals surface area contributed by atoms with Gasteiger partial charge in [-0.05, 0) is 32.7 Å². The van der Waals surface area contributed by atoms with Crippen molar-refractivity contribution in [2.24, 2.45) is 0 Å². The number of nitrogens with zero attached hydrogens (tertiary/aromatic N) is 2. The average Bonchev–Trinajstić information content (AvgIpc) is 3.18. The van der Waals surface area contributed by atoms with E-state index in [-0.39, 0.29) is 5.69 Å². The number of aromatic amines is 1. The maximum Gasteiger partial charge on any atom is 0.344 e. The first-order valence-electron chi connectivity index (χ1n) is 7.80. The third-order valence-corrected chi connectivity index (χ3v) is 5.78. The number of rotatable bonds is 4. The highest BCUT2D eigenvalue weighted by molar-refractivity contribution is 7.99. The van der Waals surface area contributed by atoms with Crippen molar-refractivity contribution in [2.75, 3.05) is 7.05 Å². The molecule has 0 amide bonds. The summed E-state index contributed by atoms with van der Waals surface area (Å²) in [4.78, 5) is 11.9. The molecule has 112 valence electrons. The minimum atomic E-state index is -0.0400. The maximum absolute atomic E-state index is 11.9. The molecule has 0 spiro atoms. The first-order valence-corrected chi connectivity index (χ1v) is 8.68. The predicted octanol–water partition coefficient (Wildman–Crippen LogP) is 2.31. The van der Waals surface area contributed by atoms with Gasteiger partial charge in [0.2, 0.25) is 0 Å².